The number of nitrogens with zero attached hydrogens (tertiary/aromatic N) is 2. The van der Waals surface area contributed by atoms with Crippen molar-refractivity contribution < 1.29 is 18.8 Å². The van der Waals surface area contributed by atoms with Gasteiger partial charge in [0.25, 0.3) is 0 Å². The van der Waals surface area contributed by atoms with Gasteiger partial charge >= 0.3 is 11.8 Å². The van der Waals surface area contributed by atoms with Crippen LogP contribution < -0.4 is 5.32 Å². The van der Waals surface area contributed by atoms with Crippen LogP contribution in [-0.4, -0.2) is 53.7 Å². The predicted molar refractivity (Wildman–Crippen MR) is 92.6 cm³/mol. The first-order valence-corrected chi connectivity index (χ1v) is 8.57. The van der Waals surface area contributed by atoms with Crippen LogP contribution in [0.5, 0.6) is 0 Å². The number of hydrogen-bond donors (Lipinski definition) is 1. The van der Waals surface area contributed by atoms with E-state index >= 15 is 0 Å². The zero-order chi connectivity index (χ0) is 18.8. The number of nitrogens with one attached hydrogen (secondary N) is 1. The molecule has 0 aliphatic carbocycles. The van der Waals surface area contributed by atoms with Crippen molar-refractivity contribution in [3.63, 3.8) is 0 Å². The molecule has 0 spiro atoms. The maximum Gasteiger partial charge on any atom is 0.312 e. The number of likely N-dealkylation sites (N-methyl/N-ethyl adjacent to an activating group) is 1. The Bertz CT molecular complexity index is 660. The molecular weight excluding hydrogens is 322 g/mol. The summed E-state index contributed by atoms with van der Waals surface area (Å²) in [5, 5.41) is 2.94. The zero-order valence-corrected chi connectivity index (χ0v) is 15.6. The Morgan fingerprint density at radius 1 is 1.20 bits per heavy atom. The van der Waals surface area contributed by atoms with Gasteiger partial charge in [0.05, 0.1) is 6.04 Å². The van der Waals surface area contributed by atoms with Gasteiger partial charge in [-0.3, -0.25) is 14.4 Å². The minimum atomic E-state index is -0.621. The Kier molecular flexibility index (Phi) is 5.55. The maximum absolute atomic E-state index is 12.5. The van der Waals surface area contributed by atoms with E-state index in [1.807, 2.05) is 46.8 Å². The number of carbonyl (C=O) groups is 3. The summed E-state index contributed by atoms with van der Waals surface area (Å²) in [6, 6.07) is 3.38. The molecule has 1 N–H and O–H groups in total. The standard InChI is InChI=1S/C18H27N3O4/c1-6-20-9-10-21(17(24)16(20)23)11-14(22)19-15(18(3,4)5)13-8-7-12(2)25-13/h7-8,15H,6,9-11H2,1-5H3,(H,19,22). The first-order valence-electron chi connectivity index (χ1n) is 8.57. The first kappa shape index (κ1) is 19.0. The van der Waals surface area contributed by atoms with Gasteiger partial charge in [-0.15, -0.1) is 0 Å². The van der Waals surface area contributed by atoms with Gasteiger partial charge in [0.1, 0.15) is 18.1 Å². The lowest BCUT2D eigenvalue weighted by molar-refractivity contribution is -0.156. The van der Waals surface area contributed by atoms with Crippen molar-refractivity contribution in [2.45, 2.75) is 40.7 Å². The molecule has 2 rings (SSSR count). The Morgan fingerprint density at radius 3 is 2.32 bits per heavy atom. The summed E-state index contributed by atoms with van der Waals surface area (Å²) in [6.45, 7) is 10.9. The van der Waals surface area contributed by atoms with Gasteiger partial charge in [-0.2, -0.15) is 0 Å². The maximum atomic E-state index is 12.5. The van der Waals surface area contributed by atoms with Crippen LogP contribution >= 0.6 is 0 Å². The smallest absolute Gasteiger partial charge is 0.312 e. The number of amides is 3. The van der Waals surface area contributed by atoms with Gasteiger partial charge in [-0.25, -0.2) is 0 Å². The molecule has 1 atom stereocenters. The van der Waals surface area contributed by atoms with Crippen molar-refractivity contribution in [1.29, 1.82) is 0 Å². The normalized spacial score (nSPS) is 17.0. The van der Waals surface area contributed by atoms with Crippen molar-refractivity contribution in [3.05, 3.63) is 23.7 Å². The van der Waals surface area contributed by atoms with E-state index in [1.165, 1.54) is 9.80 Å². The Hall–Kier alpha value is -2.31. The van der Waals surface area contributed by atoms with E-state index in [4.69, 9.17) is 4.42 Å². The number of piperazine rings is 1. The molecule has 3 amide bonds. The average Bonchev–Trinajstić information content (AvgIpc) is 2.94. The molecule has 0 radical (unpaired) electrons. The van der Waals surface area contributed by atoms with Crippen LogP contribution in [0.2, 0.25) is 0 Å². The predicted octanol–water partition coefficient (Wildman–Crippen LogP) is 1.48. The van der Waals surface area contributed by atoms with Crippen LogP contribution in [0, 0.1) is 12.3 Å². The quantitative estimate of drug-likeness (QED) is 0.816. The van der Waals surface area contributed by atoms with Crippen molar-refractivity contribution in [2.24, 2.45) is 5.41 Å². The van der Waals surface area contributed by atoms with Gasteiger partial charge < -0.3 is 19.5 Å². The zero-order valence-electron chi connectivity index (χ0n) is 15.6. The molecule has 2 heterocycles. The second-order valence-electron chi connectivity index (χ2n) is 7.43. The number of aryl methyl sites for hydroxylation is 1. The molecule has 1 aliphatic rings. The first-order chi connectivity index (χ1) is 11.6. The molecule has 7 heteroatoms. The Labute approximate surface area is 148 Å². The highest BCUT2D eigenvalue weighted by Crippen LogP contribution is 2.33. The highest BCUT2D eigenvalue weighted by atomic mass is 16.3. The third-order valence-electron chi connectivity index (χ3n) is 4.33. The minimum absolute atomic E-state index is 0.131. The van der Waals surface area contributed by atoms with Crippen LogP contribution in [0.4, 0.5) is 0 Å². The van der Waals surface area contributed by atoms with E-state index in [2.05, 4.69) is 5.32 Å². The van der Waals surface area contributed by atoms with Crippen LogP contribution in [0.15, 0.2) is 16.5 Å². The molecule has 0 aromatic carbocycles. The molecule has 25 heavy (non-hydrogen) atoms. The lowest BCUT2D eigenvalue weighted by atomic mass is 9.85. The van der Waals surface area contributed by atoms with E-state index in [-0.39, 0.29) is 23.9 Å². The molecule has 0 saturated carbocycles. The molecule has 0 bridgehead atoms. The highest BCUT2D eigenvalue weighted by molar-refractivity contribution is 6.35. The van der Waals surface area contributed by atoms with Crippen LogP contribution in [0.3, 0.4) is 0 Å². The summed E-state index contributed by atoms with van der Waals surface area (Å²) in [5.41, 5.74) is -0.263. The molecule has 1 aromatic rings. The Morgan fingerprint density at radius 2 is 1.80 bits per heavy atom. The van der Waals surface area contributed by atoms with Crippen LogP contribution in [0.1, 0.15) is 45.3 Å². The second-order valence-corrected chi connectivity index (χ2v) is 7.43. The van der Waals surface area contributed by atoms with Gasteiger partial charge in [-0.05, 0) is 31.4 Å². The van der Waals surface area contributed by atoms with E-state index in [9.17, 15) is 14.4 Å². The minimum Gasteiger partial charge on any atom is -0.464 e. The number of carbonyl (C=O) groups excluding carboxylic acids is 3. The third-order valence-corrected chi connectivity index (χ3v) is 4.33. The van der Waals surface area contributed by atoms with E-state index in [1.54, 1.807) is 0 Å². The summed E-state index contributed by atoms with van der Waals surface area (Å²) in [7, 11) is 0. The molecule has 1 fully saturated rings. The van der Waals surface area contributed by atoms with Crippen molar-refractivity contribution in [3.8, 4) is 0 Å². The largest absolute Gasteiger partial charge is 0.464 e. The Balaban J connectivity index is 2.05. The van der Waals surface area contributed by atoms with Gasteiger partial charge in [0, 0.05) is 19.6 Å². The molecule has 1 saturated heterocycles. The SMILES string of the molecule is CCN1CCN(CC(=O)NC(c2ccc(C)o2)C(C)(C)C)C(=O)C1=O. The molecule has 1 unspecified atom stereocenters. The van der Waals surface area contributed by atoms with Gasteiger partial charge in [-0.1, -0.05) is 20.8 Å². The summed E-state index contributed by atoms with van der Waals surface area (Å²) < 4.78 is 5.67. The van der Waals surface area contributed by atoms with E-state index in [0.717, 1.165) is 5.76 Å². The molecule has 138 valence electrons. The lowest BCUT2D eigenvalue weighted by Crippen LogP contribution is -2.56. The highest BCUT2D eigenvalue weighted by Gasteiger charge is 2.35. The molecule has 7 nitrogen and oxygen atoms in total. The van der Waals surface area contributed by atoms with Crippen molar-refractivity contribution in [2.75, 3.05) is 26.2 Å². The topological polar surface area (TPSA) is 82.9 Å². The average molecular weight is 349 g/mol. The van der Waals surface area contributed by atoms with Gasteiger partial charge in [0.2, 0.25) is 5.91 Å². The van der Waals surface area contributed by atoms with Crippen LogP contribution in [-0.2, 0) is 14.4 Å². The second kappa shape index (κ2) is 7.29. The summed E-state index contributed by atoms with van der Waals surface area (Å²) in [6.07, 6.45) is 0. The van der Waals surface area contributed by atoms with Crippen molar-refractivity contribution in [1.82, 2.24) is 15.1 Å². The van der Waals surface area contributed by atoms with Crippen molar-refractivity contribution >= 4 is 17.7 Å². The third kappa shape index (κ3) is 4.41. The van der Waals surface area contributed by atoms with Crippen LogP contribution in [0.25, 0.3) is 0 Å². The molecule has 1 aliphatic heterocycles. The van der Waals surface area contributed by atoms with Gasteiger partial charge in [0.15, 0.2) is 0 Å². The van der Waals surface area contributed by atoms with E-state index in [0.29, 0.717) is 25.4 Å². The van der Waals surface area contributed by atoms with E-state index < -0.39 is 11.8 Å². The monoisotopic (exact) mass is 349 g/mol. The fraction of sp³-hybridized carbons (Fsp3) is 0.611. The summed E-state index contributed by atoms with van der Waals surface area (Å²) in [5.74, 6) is -0.0217. The summed E-state index contributed by atoms with van der Waals surface area (Å²) >= 11 is 0. The molecular formula is C18H27N3O4. The number of furan rings is 1. The fourth-order valence-corrected chi connectivity index (χ4v) is 2.87. The fourth-order valence-electron chi connectivity index (χ4n) is 2.87. The summed E-state index contributed by atoms with van der Waals surface area (Å²) in [4.78, 5) is 39.3. The molecule has 1 aromatic heterocycles. The lowest BCUT2D eigenvalue weighted by Gasteiger charge is -2.34. The number of hydrogen-bond acceptors (Lipinski definition) is 4. The number of rotatable bonds is 5.